The van der Waals surface area contributed by atoms with Crippen LogP contribution in [0.15, 0.2) is 42.5 Å². The first-order valence-corrected chi connectivity index (χ1v) is 8.58. The zero-order chi connectivity index (χ0) is 17.4. The zero-order valence-electron chi connectivity index (χ0n) is 13.7. The first kappa shape index (κ1) is 18.1. The zero-order valence-corrected chi connectivity index (χ0v) is 14.5. The predicted octanol–water partition coefficient (Wildman–Crippen LogP) is 3.39. The Morgan fingerprint density at radius 3 is 2.58 bits per heavy atom. The van der Waals surface area contributed by atoms with E-state index in [-0.39, 0.29) is 11.7 Å². The minimum absolute atomic E-state index is 0.0695. The van der Waals surface area contributed by atoms with Crippen molar-refractivity contribution < 1.29 is 18.7 Å². The van der Waals surface area contributed by atoms with Crippen LogP contribution in [0.1, 0.15) is 11.1 Å². The fourth-order valence-corrected chi connectivity index (χ4v) is 2.96. The number of benzene rings is 2. The minimum Gasteiger partial charge on any atom is -0.496 e. The molecule has 0 aliphatic carbocycles. The van der Waals surface area contributed by atoms with Crippen LogP contribution in [0.5, 0.6) is 11.5 Å². The number of para-hydroxylation sites is 1. The number of carbonyl (C=O) groups is 1. The summed E-state index contributed by atoms with van der Waals surface area (Å²) < 4.78 is 23.7. The molecule has 0 saturated heterocycles. The van der Waals surface area contributed by atoms with Gasteiger partial charge in [-0.3, -0.25) is 4.79 Å². The van der Waals surface area contributed by atoms with E-state index in [9.17, 15) is 9.18 Å². The minimum atomic E-state index is -0.392. The molecule has 2 rings (SSSR count). The number of nitrogens with one attached hydrogen (secondary N) is 1. The highest BCUT2D eigenvalue weighted by Gasteiger charge is 2.07. The van der Waals surface area contributed by atoms with Gasteiger partial charge in [0.15, 0.2) is 11.6 Å². The van der Waals surface area contributed by atoms with E-state index in [1.807, 2.05) is 24.3 Å². The molecule has 0 saturated carbocycles. The maximum absolute atomic E-state index is 13.6. The fraction of sp³-hybridized carbons (Fsp3) is 0.278. The third kappa shape index (κ3) is 5.16. The lowest BCUT2D eigenvalue weighted by Crippen LogP contribution is -2.24. The van der Waals surface area contributed by atoms with Gasteiger partial charge in [0.25, 0.3) is 0 Å². The molecule has 0 bridgehead atoms. The summed E-state index contributed by atoms with van der Waals surface area (Å²) in [5.41, 5.74) is 1.74. The number of amides is 1. The Hall–Kier alpha value is -2.21. The van der Waals surface area contributed by atoms with E-state index in [1.165, 1.54) is 24.9 Å². The summed E-state index contributed by atoms with van der Waals surface area (Å²) >= 11 is 1.43. The highest BCUT2D eigenvalue weighted by Crippen LogP contribution is 2.21. The summed E-state index contributed by atoms with van der Waals surface area (Å²) in [6.45, 7) is 0.417. The Balaban J connectivity index is 1.76. The lowest BCUT2D eigenvalue weighted by atomic mass is 10.2. The van der Waals surface area contributed by atoms with E-state index in [1.54, 1.807) is 19.2 Å². The molecule has 0 spiro atoms. The smallest absolute Gasteiger partial charge is 0.230 e. The summed E-state index contributed by atoms with van der Waals surface area (Å²) in [5, 5.41) is 2.86. The molecule has 0 aromatic heterocycles. The third-order valence-electron chi connectivity index (χ3n) is 3.39. The topological polar surface area (TPSA) is 47.6 Å². The number of thioether (sulfide) groups is 1. The van der Waals surface area contributed by atoms with E-state index in [0.29, 0.717) is 18.1 Å². The molecule has 2 aromatic carbocycles. The molecule has 0 fully saturated rings. The number of hydrogen-bond donors (Lipinski definition) is 1. The highest BCUT2D eigenvalue weighted by atomic mass is 32.2. The van der Waals surface area contributed by atoms with Crippen LogP contribution in [0.25, 0.3) is 0 Å². The molecule has 0 heterocycles. The Kier molecular flexibility index (Phi) is 6.93. The average molecular weight is 349 g/mol. The molecule has 0 radical (unpaired) electrons. The summed E-state index contributed by atoms with van der Waals surface area (Å²) in [7, 11) is 3.03. The molecule has 1 amide bonds. The number of rotatable bonds is 8. The van der Waals surface area contributed by atoms with Gasteiger partial charge in [-0.2, -0.15) is 0 Å². The molecule has 0 aliphatic rings. The summed E-state index contributed by atoms with van der Waals surface area (Å²) in [6.07, 6.45) is 0. The molecule has 2 aromatic rings. The molecule has 0 atom stereocenters. The highest BCUT2D eigenvalue weighted by molar-refractivity contribution is 7.99. The normalized spacial score (nSPS) is 10.3. The van der Waals surface area contributed by atoms with E-state index in [0.717, 1.165) is 16.9 Å². The molecular formula is C18H20FNO3S. The van der Waals surface area contributed by atoms with Crippen LogP contribution in [0, 0.1) is 5.82 Å². The van der Waals surface area contributed by atoms with Gasteiger partial charge in [0, 0.05) is 17.9 Å². The van der Waals surface area contributed by atoms with Crippen molar-refractivity contribution in [1.29, 1.82) is 0 Å². The van der Waals surface area contributed by atoms with E-state index >= 15 is 0 Å². The maximum Gasteiger partial charge on any atom is 0.230 e. The van der Waals surface area contributed by atoms with Gasteiger partial charge in [-0.15, -0.1) is 11.8 Å². The average Bonchev–Trinajstić information content (AvgIpc) is 2.60. The van der Waals surface area contributed by atoms with Crippen LogP contribution in [0.4, 0.5) is 4.39 Å². The van der Waals surface area contributed by atoms with Crippen LogP contribution in [-0.4, -0.2) is 25.9 Å². The molecule has 4 nitrogen and oxygen atoms in total. The van der Waals surface area contributed by atoms with Crippen LogP contribution >= 0.6 is 11.8 Å². The summed E-state index contributed by atoms with van der Waals surface area (Å²) in [6, 6.07) is 12.4. The van der Waals surface area contributed by atoms with Crippen LogP contribution in [0.3, 0.4) is 0 Å². The lowest BCUT2D eigenvalue weighted by molar-refractivity contribution is -0.118. The summed E-state index contributed by atoms with van der Waals surface area (Å²) in [4.78, 5) is 11.9. The number of carbonyl (C=O) groups excluding carboxylic acids is 1. The quantitative estimate of drug-likeness (QED) is 0.794. The van der Waals surface area contributed by atoms with Gasteiger partial charge < -0.3 is 14.8 Å². The van der Waals surface area contributed by atoms with Crippen LogP contribution in [0.2, 0.25) is 0 Å². The van der Waals surface area contributed by atoms with Crippen molar-refractivity contribution in [2.24, 2.45) is 0 Å². The van der Waals surface area contributed by atoms with Crippen molar-refractivity contribution in [1.82, 2.24) is 5.32 Å². The van der Waals surface area contributed by atoms with Gasteiger partial charge in [-0.05, 0) is 23.8 Å². The van der Waals surface area contributed by atoms with E-state index < -0.39 is 5.82 Å². The largest absolute Gasteiger partial charge is 0.496 e. The van der Waals surface area contributed by atoms with Gasteiger partial charge in [0.2, 0.25) is 5.91 Å². The van der Waals surface area contributed by atoms with Crippen molar-refractivity contribution in [2.45, 2.75) is 12.3 Å². The molecule has 24 heavy (non-hydrogen) atoms. The number of methoxy groups -OCH3 is 2. The number of halogens is 1. The van der Waals surface area contributed by atoms with Crippen molar-refractivity contribution in [3.8, 4) is 11.5 Å². The fourth-order valence-electron chi connectivity index (χ4n) is 2.16. The second kappa shape index (κ2) is 9.17. The van der Waals surface area contributed by atoms with Gasteiger partial charge in [-0.1, -0.05) is 24.3 Å². The Morgan fingerprint density at radius 1 is 1.12 bits per heavy atom. The van der Waals surface area contributed by atoms with Crippen molar-refractivity contribution in [3.63, 3.8) is 0 Å². The molecule has 0 unspecified atom stereocenters. The first-order chi connectivity index (χ1) is 11.6. The van der Waals surface area contributed by atoms with Gasteiger partial charge >= 0.3 is 0 Å². The van der Waals surface area contributed by atoms with Gasteiger partial charge in [0.1, 0.15) is 5.75 Å². The van der Waals surface area contributed by atoms with Crippen molar-refractivity contribution >= 4 is 17.7 Å². The number of ether oxygens (including phenoxy) is 2. The second-order valence-corrected chi connectivity index (χ2v) is 6.04. The molecule has 128 valence electrons. The monoisotopic (exact) mass is 349 g/mol. The van der Waals surface area contributed by atoms with E-state index in [2.05, 4.69) is 5.32 Å². The molecule has 0 aliphatic heterocycles. The Morgan fingerprint density at radius 2 is 1.88 bits per heavy atom. The standard InChI is InChI=1S/C18H20FNO3S/c1-22-16-6-4-3-5-14(16)10-20-18(21)12-24-11-13-7-8-17(23-2)15(19)9-13/h3-9H,10-12H2,1-2H3,(H,20,21). The summed E-state index contributed by atoms with van der Waals surface area (Å²) in [5.74, 6) is 1.37. The second-order valence-electron chi connectivity index (χ2n) is 5.05. The predicted molar refractivity (Wildman–Crippen MR) is 94.0 cm³/mol. The van der Waals surface area contributed by atoms with Crippen LogP contribution in [-0.2, 0) is 17.1 Å². The van der Waals surface area contributed by atoms with Crippen molar-refractivity contribution in [2.75, 3.05) is 20.0 Å². The first-order valence-electron chi connectivity index (χ1n) is 7.42. The third-order valence-corrected chi connectivity index (χ3v) is 4.39. The molecular weight excluding hydrogens is 329 g/mol. The Bertz CT molecular complexity index is 694. The van der Waals surface area contributed by atoms with E-state index in [4.69, 9.17) is 9.47 Å². The van der Waals surface area contributed by atoms with Crippen LogP contribution < -0.4 is 14.8 Å². The Labute approximate surface area is 145 Å². The van der Waals surface area contributed by atoms with Crippen molar-refractivity contribution in [3.05, 3.63) is 59.4 Å². The SMILES string of the molecule is COc1ccc(CSCC(=O)NCc2ccccc2OC)cc1F. The number of hydrogen-bond acceptors (Lipinski definition) is 4. The van der Waals surface area contributed by atoms with Gasteiger partial charge in [0.05, 0.1) is 20.0 Å². The molecule has 6 heteroatoms. The maximum atomic E-state index is 13.6. The van der Waals surface area contributed by atoms with Gasteiger partial charge in [-0.25, -0.2) is 4.39 Å². The molecule has 1 N–H and O–H groups in total. The lowest BCUT2D eigenvalue weighted by Gasteiger charge is -2.09.